The highest BCUT2D eigenvalue weighted by molar-refractivity contribution is 7.89. The van der Waals surface area contributed by atoms with E-state index in [-0.39, 0.29) is 11.1 Å². The number of ether oxygens (including phenoxy) is 1. The number of nitrogens with one attached hydrogen (secondary N) is 2. The van der Waals surface area contributed by atoms with Crippen molar-refractivity contribution in [3.05, 3.63) is 12.3 Å². The third kappa shape index (κ3) is 3.03. The standard InChI is InChI=1S/C9H16N4O3S/c1-13-9(2-3-11-13)17(14,15)12-6-8-7-16-5-4-10-8/h2-3,8,10,12H,4-7H2,1H3. The van der Waals surface area contributed by atoms with Crippen molar-refractivity contribution in [1.29, 1.82) is 0 Å². The average molecular weight is 260 g/mol. The minimum Gasteiger partial charge on any atom is -0.378 e. The molecule has 8 heteroatoms. The van der Waals surface area contributed by atoms with Gasteiger partial charge in [0.1, 0.15) is 0 Å². The highest BCUT2D eigenvalue weighted by atomic mass is 32.2. The molecule has 2 rings (SSSR count). The van der Waals surface area contributed by atoms with Crippen molar-refractivity contribution in [2.45, 2.75) is 11.1 Å². The summed E-state index contributed by atoms with van der Waals surface area (Å²) in [7, 11) is -1.90. The second kappa shape index (κ2) is 5.13. The summed E-state index contributed by atoms with van der Waals surface area (Å²) >= 11 is 0. The molecule has 1 atom stereocenters. The topological polar surface area (TPSA) is 85.2 Å². The van der Waals surface area contributed by atoms with Crippen LogP contribution in [-0.4, -0.2) is 50.5 Å². The summed E-state index contributed by atoms with van der Waals surface area (Å²) in [5.74, 6) is 0. The molecule has 1 fully saturated rings. The van der Waals surface area contributed by atoms with Crippen molar-refractivity contribution < 1.29 is 13.2 Å². The first-order valence-corrected chi connectivity index (χ1v) is 6.87. The normalized spacial score (nSPS) is 21.6. The SMILES string of the molecule is Cn1nccc1S(=O)(=O)NCC1COCCN1. The fourth-order valence-corrected chi connectivity index (χ4v) is 2.86. The van der Waals surface area contributed by atoms with E-state index in [1.807, 2.05) is 0 Å². The van der Waals surface area contributed by atoms with E-state index in [0.29, 0.717) is 19.8 Å². The molecule has 1 aliphatic heterocycles. The number of aromatic nitrogens is 2. The molecular formula is C9H16N4O3S. The number of hydrogen-bond acceptors (Lipinski definition) is 5. The van der Waals surface area contributed by atoms with E-state index in [4.69, 9.17) is 4.74 Å². The van der Waals surface area contributed by atoms with Gasteiger partial charge in [0.25, 0.3) is 10.0 Å². The molecule has 0 radical (unpaired) electrons. The van der Waals surface area contributed by atoms with Crippen molar-refractivity contribution in [3.8, 4) is 0 Å². The Hall–Kier alpha value is -0.960. The van der Waals surface area contributed by atoms with E-state index < -0.39 is 10.0 Å². The summed E-state index contributed by atoms with van der Waals surface area (Å²) in [5.41, 5.74) is 0. The Morgan fingerprint density at radius 2 is 2.53 bits per heavy atom. The van der Waals surface area contributed by atoms with Crippen LogP contribution in [0, 0.1) is 0 Å². The molecule has 0 aliphatic carbocycles. The Balaban J connectivity index is 1.96. The lowest BCUT2D eigenvalue weighted by Crippen LogP contribution is -2.48. The van der Waals surface area contributed by atoms with Crippen LogP contribution >= 0.6 is 0 Å². The summed E-state index contributed by atoms with van der Waals surface area (Å²) in [4.78, 5) is 0. The van der Waals surface area contributed by atoms with Gasteiger partial charge in [-0.15, -0.1) is 0 Å². The first-order valence-electron chi connectivity index (χ1n) is 5.38. The van der Waals surface area contributed by atoms with Crippen molar-refractivity contribution in [2.75, 3.05) is 26.3 Å². The van der Waals surface area contributed by atoms with Gasteiger partial charge in [0, 0.05) is 26.2 Å². The molecule has 0 aromatic carbocycles. The van der Waals surface area contributed by atoms with E-state index >= 15 is 0 Å². The molecule has 1 aromatic rings. The van der Waals surface area contributed by atoms with Crippen LogP contribution in [0.2, 0.25) is 0 Å². The summed E-state index contributed by atoms with van der Waals surface area (Å²) in [6, 6.07) is 1.49. The van der Waals surface area contributed by atoms with E-state index in [1.54, 1.807) is 7.05 Å². The lowest BCUT2D eigenvalue weighted by atomic mass is 10.3. The lowest BCUT2D eigenvalue weighted by Gasteiger charge is -2.23. The number of nitrogens with zero attached hydrogens (tertiary/aromatic N) is 2. The molecule has 0 bridgehead atoms. The summed E-state index contributed by atoms with van der Waals surface area (Å²) in [6.45, 7) is 2.25. The monoisotopic (exact) mass is 260 g/mol. The Kier molecular flexibility index (Phi) is 3.77. The Labute approximate surface area is 100 Å². The Morgan fingerprint density at radius 1 is 1.71 bits per heavy atom. The van der Waals surface area contributed by atoms with E-state index in [9.17, 15) is 8.42 Å². The second-order valence-electron chi connectivity index (χ2n) is 3.87. The fraction of sp³-hybridized carbons (Fsp3) is 0.667. The van der Waals surface area contributed by atoms with Crippen LogP contribution in [0.15, 0.2) is 17.3 Å². The molecule has 17 heavy (non-hydrogen) atoms. The molecule has 1 aromatic heterocycles. The minimum atomic E-state index is -3.49. The Morgan fingerprint density at radius 3 is 3.12 bits per heavy atom. The summed E-state index contributed by atoms with van der Waals surface area (Å²) in [6.07, 6.45) is 1.45. The molecule has 0 spiro atoms. The van der Waals surface area contributed by atoms with E-state index in [1.165, 1.54) is 16.9 Å². The first-order chi connectivity index (χ1) is 8.09. The predicted molar refractivity (Wildman–Crippen MR) is 61.0 cm³/mol. The largest absolute Gasteiger partial charge is 0.378 e. The molecule has 0 amide bonds. The maximum atomic E-state index is 11.9. The number of aryl methyl sites for hydroxylation is 1. The van der Waals surface area contributed by atoms with Crippen molar-refractivity contribution in [2.24, 2.45) is 7.05 Å². The van der Waals surface area contributed by atoms with Gasteiger partial charge in [-0.05, 0) is 6.07 Å². The molecule has 1 saturated heterocycles. The van der Waals surface area contributed by atoms with Crippen LogP contribution in [0.5, 0.6) is 0 Å². The van der Waals surface area contributed by atoms with Gasteiger partial charge in [0.2, 0.25) is 0 Å². The van der Waals surface area contributed by atoms with Gasteiger partial charge in [-0.1, -0.05) is 0 Å². The van der Waals surface area contributed by atoms with Crippen molar-refractivity contribution in [1.82, 2.24) is 19.8 Å². The average Bonchev–Trinajstić information content (AvgIpc) is 2.75. The highest BCUT2D eigenvalue weighted by Gasteiger charge is 2.20. The fourth-order valence-electron chi connectivity index (χ4n) is 1.66. The second-order valence-corrected chi connectivity index (χ2v) is 5.58. The number of hydrogen-bond donors (Lipinski definition) is 2. The van der Waals surface area contributed by atoms with E-state index in [0.717, 1.165) is 6.54 Å². The predicted octanol–water partition coefficient (Wildman–Crippen LogP) is -1.31. The van der Waals surface area contributed by atoms with Crippen LogP contribution in [-0.2, 0) is 21.8 Å². The Bertz CT molecular complexity index is 464. The molecule has 7 nitrogen and oxygen atoms in total. The zero-order valence-electron chi connectivity index (χ0n) is 9.59. The molecule has 1 aliphatic rings. The van der Waals surface area contributed by atoms with Crippen molar-refractivity contribution in [3.63, 3.8) is 0 Å². The lowest BCUT2D eigenvalue weighted by molar-refractivity contribution is 0.0784. The maximum absolute atomic E-state index is 11.9. The quantitative estimate of drug-likeness (QED) is 0.702. The van der Waals surface area contributed by atoms with Gasteiger partial charge in [0.05, 0.1) is 19.4 Å². The molecule has 0 saturated carbocycles. The minimum absolute atomic E-state index is 0.0201. The zero-order chi connectivity index (χ0) is 12.3. The van der Waals surface area contributed by atoms with Crippen LogP contribution in [0.4, 0.5) is 0 Å². The third-order valence-corrected chi connectivity index (χ3v) is 4.07. The zero-order valence-corrected chi connectivity index (χ0v) is 10.4. The third-order valence-electron chi connectivity index (χ3n) is 2.57. The number of sulfonamides is 1. The summed E-state index contributed by atoms with van der Waals surface area (Å²) < 4.78 is 32.9. The van der Waals surface area contributed by atoms with Crippen LogP contribution in [0.3, 0.4) is 0 Å². The van der Waals surface area contributed by atoms with Crippen molar-refractivity contribution >= 4 is 10.0 Å². The smallest absolute Gasteiger partial charge is 0.257 e. The maximum Gasteiger partial charge on any atom is 0.257 e. The first kappa shape index (κ1) is 12.5. The van der Waals surface area contributed by atoms with Gasteiger partial charge in [-0.3, -0.25) is 4.68 Å². The highest BCUT2D eigenvalue weighted by Crippen LogP contribution is 2.05. The molecule has 2 heterocycles. The molecular weight excluding hydrogens is 244 g/mol. The molecule has 2 N–H and O–H groups in total. The van der Waals surface area contributed by atoms with Gasteiger partial charge < -0.3 is 10.1 Å². The number of rotatable bonds is 4. The van der Waals surface area contributed by atoms with Gasteiger partial charge in [0.15, 0.2) is 5.03 Å². The van der Waals surface area contributed by atoms with Crippen LogP contribution in [0.25, 0.3) is 0 Å². The van der Waals surface area contributed by atoms with Crippen LogP contribution < -0.4 is 10.0 Å². The number of morpholine rings is 1. The molecule has 96 valence electrons. The van der Waals surface area contributed by atoms with Gasteiger partial charge >= 0.3 is 0 Å². The molecule has 1 unspecified atom stereocenters. The van der Waals surface area contributed by atoms with Gasteiger partial charge in [-0.25, -0.2) is 13.1 Å². The van der Waals surface area contributed by atoms with E-state index in [2.05, 4.69) is 15.1 Å². The van der Waals surface area contributed by atoms with Crippen LogP contribution in [0.1, 0.15) is 0 Å². The van der Waals surface area contributed by atoms with Gasteiger partial charge in [-0.2, -0.15) is 5.10 Å². The summed E-state index contributed by atoms with van der Waals surface area (Å²) in [5, 5.41) is 7.17.